The van der Waals surface area contributed by atoms with Gasteiger partial charge < -0.3 is 9.64 Å². The van der Waals surface area contributed by atoms with Crippen LogP contribution in [0.15, 0.2) is 42.5 Å². The maximum atomic E-state index is 13.3. The Kier molecular flexibility index (Phi) is 5.92. The topological polar surface area (TPSA) is 46.9 Å². The Balaban J connectivity index is 1.65. The molecule has 2 heterocycles. The summed E-state index contributed by atoms with van der Waals surface area (Å²) < 4.78 is 6.54. The molecule has 1 amide bonds. The largest absolute Gasteiger partial charge is 0.370 e. The van der Waals surface area contributed by atoms with E-state index in [9.17, 15) is 4.79 Å². The number of quaternary nitrogens is 1. The van der Waals surface area contributed by atoms with Gasteiger partial charge in [0.1, 0.15) is 13.1 Å². The molecule has 2 aromatic carbocycles. The van der Waals surface area contributed by atoms with Crippen molar-refractivity contribution in [2.24, 2.45) is 0 Å². The molecule has 1 aliphatic heterocycles. The van der Waals surface area contributed by atoms with Gasteiger partial charge in [0, 0.05) is 10.6 Å². The van der Waals surface area contributed by atoms with Gasteiger partial charge >= 0.3 is 0 Å². The molecule has 28 heavy (non-hydrogen) atoms. The first-order valence-electron chi connectivity index (χ1n) is 9.47. The summed E-state index contributed by atoms with van der Waals surface area (Å²) in [4.78, 5) is 21.4. The Morgan fingerprint density at radius 2 is 2.04 bits per heavy atom. The van der Waals surface area contributed by atoms with Crippen molar-refractivity contribution >= 4 is 44.2 Å². The van der Waals surface area contributed by atoms with Gasteiger partial charge in [0.05, 0.1) is 36.5 Å². The van der Waals surface area contributed by atoms with Gasteiger partial charge in [-0.25, -0.2) is 4.98 Å². The minimum Gasteiger partial charge on any atom is -0.370 e. The molecule has 0 spiro atoms. The van der Waals surface area contributed by atoms with Crippen LogP contribution in [0, 0.1) is 6.92 Å². The Morgan fingerprint density at radius 3 is 2.79 bits per heavy atom. The number of fused-ring (bicyclic) bond motifs is 1. The van der Waals surface area contributed by atoms with Crippen LogP contribution in [0.4, 0.5) is 5.13 Å². The lowest BCUT2D eigenvalue weighted by Gasteiger charge is -2.27. The van der Waals surface area contributed by atoms with E-state index in [0.717, 1.165) is 53.8 Å². The standard InChI is InChI=1S/C21H22ClN3O2S/c1-15-4-2-7-18-19(15)23-21(28-18)25(9-8-24-10-12-27-13-11-24)20(26)16-5-3-6-17(22)14-16/h2-7,14H,8-13H2,1H3/p+1. The summed E-state index contributed by atoms with van der Waals surface area (Å²) in [5.41, 5.74) is 2.67. The van der Waals surface area contributed by atoms with Gasteiger partial charge in [-0.3, -0.25) is 9.69 Å². The molecule has 0 aliphatic carbocycles. The lowest BCUT2D eigenvalue weighted by Crippen LogP contribution is -3.14. The number of anilines is 1. The van der Waals surface area contributed by atoms with E-state index in [1.54, 1.807) is 34.4 Å². The summed E-state index contributed by atoms with van der Waals surface area (Å²) in [6, 6.07) is 13.2. The molecule has 5 nitrogen and oxygen atoms in total. The molecule has 4 rings (SSSR count). The highest BCUT2D eigenvalue weighted by atomic mass is 35.5. The van der Waals surface area contributed by atoms with Gasteiger partial charge in [-0.05, 0) is 36.8 Å². The minimum absolute atomic E-state index is 0.0631. The van der Waals surface area contributed by atoms with Crippen LogP contribution < -0.4 is 9.80 Å². The van der Waals surface area contributed by atoms with E-state index in [0.29, 0.717) is 17.1 Å². The second kappa shape index (κ2) is 8.57. The molecule has 0 bridgehead atoms. The van der Waals surface area contributed by atoms with E-state index in [2.05, 4.69) is 6.07 Å². The monoisotopic (exact) mass is 416 g/mol. The smallest absolute Gasteiger partial charge is 0.260 e. The maximum Gasteiger partial charge on any atom is 0.260 e. The van der Waals surface area contributed by atoms with Crippen LogP contribution in [0.25, 0.3) is 10.2 Å². The number of aryl methyl sites for hydroxylation is 1. The minimum atomic E-state index is -0.0631. The van der Waals surface area contributed by atoms with Gasteiger partial charge in [0.25, 0.3) is 5.91 Å². The summed E-state index contributed by atoms with van der Waals surface area (Å²) >= 11 is 7.68. The van der Waals surface area contributed by atoms with Crippen molar-refractivity contribution in [2.45, 2.75) is 6.92 Å². The van der Waals surface area contributed by atoms with Crippen LogP contribution in [-0.2, 0) is 4.74 Å². The van der Waals surface area contributed by atoms with Crippen molar-refractivity contribution in [2.75, 3.05) is 44.3 Å². The van der Waals surface area contributed by atoms with Crippen LogP contribution in [0.3, 0.4) is 0 Å². The second-order valence-electron chi connectivity index (χ2n) is 7.00. The zero-order valence-electron chi connectivity index (χ0n) is 15.8. The Morgan fingerprint density at radius 1 is 1.25 bits per heavy atom. The fraction of sp³-hybridized carbons (Fsp3) is 0.333. The van der Waals surface area contributed by atoms with Gasteiger partial charge in [0.15, 0.2) is 5.13 Å². The number of thiazole rings is 1. The summed E-state index contributed by atoms with van der Waals surface area (Å²) in [5.74, 6) is -0.0631. The Bertz CT molecular complexity index is 985. The van der Waals surface area contributed by atoms with Crippen molar-refractivity contribution in [3.05, 3.63) is 58.6 Å². The number of halogens is 1. The predicted octanol–water partition coefficient (Wildman–Crippen LogP) is 2.82. The number of amides is 1. The van der Waals surface area contributed by atoms with Crippen molar-refractivity contribution in [3.63, 3.8) is 0 Å². The summed E-state index contributed by atoms with van der Waals surface area (Å²) in [6.07, 6.45) is 0. The number of hydrogen-bond donors (Lipinski definition) is 1. The maximum absolute atomic E-state index is 13.3. The number of carbonyl (C=O) groups is 1. The third-order valence-corrected chi connectivity index (χ3v) is 6.32. The van der Waals surface area contributed by atoms with E-state index in [-0.39, 0.29) is 5.91 Å². The number of benzene rings is 2. The molecule has 3 aromatic rings. The fourth-order valence-electron chi connectivity index (χ4n) is 3.43. The molecule has 7 heteroatoms. The van der Waals surface area contributed by atoms with E-state index < -0.39 is 0 Å². The highest BCUT2D eigenvalue weighted by Gasteiger charge is 2.24. The fourth-order valence-corrected chi connectivity index (χ4v) is 4.69. The van der Waals surface area contributed by atoms with E-state index in [1.807, 2.05) is 25.1 Å². The molecule has 0 atom stereocenters. The van der Waals surface area contributed by atoms with Crippen LogP contribution in [-0.4, -0.2) is 50.3 Å². The van der Waals surface area contributed by atoms with Crippen LogP contribution in [0.2, 0.25) is 5.02 Å². The van der Waals surface area contributed by atoms with Crippen molar-refractivity contribution in [3.8, 4) is 0 Å². The number of nitrogens with one attached hydrogen (secondary N) is 1. The number of para-hydroxylation sites is 1. The average molecular weight is 417 g/mol. The zero-order chi connectivity index (χ0) is 19.5. The molecule has 0 saturated carbocycles. The van der Waals surface area contributed by atoms with Crippen molar-refractivity contribution < 1.29 is 14.4 Å². The SMILES string of the molecule is Cc1cccc2sc(N(CC[NH+]3CCOCC3)C(=O)c3cccc(Cl)c3)nc12. The molecule has 0 unspecified atom stereocenters. The Labute approximate surface area is 173 Å². The Hall–Kier alpha value is -1.99. The molecule has 146 valence electrons. The normalized spacial score (nSPS) is 15.1. The van der Waals surface area contributed by atoms with E-state index in [4.69, 9.17) is 21.3 Å². The first-order valence-corrected chi connectivity index (χ1v) is 10.7. The predicted molar refractivity (Wildman–Crippen MR) is 114 cm³/mol. The third kappa shape index (κ3) is 4.20. The first-order chi connectivity index (χ1) is 13.6. The van der Waals surface area contributed by atoms with Gasteiger partial charge in [0.2, 0.25) is 0 Å². The first kappa shape index (κ1) is 19.3. The number of carbonyl (C=O) groups excluding carboxylic acids is 1. The zero-order valence-corrected chi connectivity index (χ0v) is 17.4. The number of aromatic nitrogens is 1. The van der Waals surface area contributed by atoms with Crippen molar-refractivity contribution in [1.29, 1.82) is 0 Å². The van der Waals surface area contributed by atoms with Gasteiger partial charge in [-0.1, -0.05) is 41.1 Å². The van der Waals surface area contributed by atoms with Crippen molar-refractivity contribution in [1.82, 2.24) is 4.98 Å². The number of nitrogens with zero attached hydrogens (tertiary/aromatic N) is 2. The summed E-state index contributed by atoms with van der Waals surface area (Å²) in [6.45, 7) is 7.02. The molecule has 1 saturated heterocycles. The molecule has 1 aromatic heterocycles. The molecule has 1 fully saturated rings. The number of rotatable bonds is 5. The summed E-state index contributed by atoms with van der Waals surface area (Å²) in [5, 5.41) is 1.30. The summed E-state index contributed by atoms with van der Waals surface area (Å²) in [7, 11) is 0. The van der Waals surface area contributed by atoms with Gasteiger partial charge in [-0.2, -0.15) is 0 Å². The average Bonchev–Trinajstić information content (AvgIpc) is 3.14. The van der Waals surface area contributed by atoms with Crippen LogP contribution in [0.1, 0.15) is 15.9 Å². The van der Waals surface area contributed by atoms with Crippen LogP contribution >= 0.6 is 22.9 Å². The van der Waals surface area contributed by atoms with Crippen LogP contribution in [0.5, 0.6) is 0 Å². The molecule has 1 N–H and O–H groups in total. The van der Waals surface area contributed by atoms with Gasteiger partial charge in [-0.15, -0.1) is 0 Å². The number of ether oxygens (including phenoxy) is 1. The molecular weight excluding hydrogens is 394 g/mol. The van der Waals surface area contributed by atoms with E-state index in [1.165, 1.54) is 4.90 Å². The number of morpholine rings is 1. The molecule has 0 radical (unpaired) electrons. The quantitative estimate of drug-likeness (QED) is 0.695. The lowest BCUT2D eigenvalue weighted by atomic mass is 10.2. The highest BCUT2D eigenvalue weighted by Crippen LogP contribution is 2.31. The number of hydrogen-bond acceptors (Lipinski definition) is 4. The molecule has 1 aliphatic rings. The molecular formula is C21H23ClN3O2S+. The van der Waals surface area contributed by atoms with E-state index >= 15 is 0 Å². The third-order valence-electron chi connectivity index (χ3n) is 5.05. The highest BCUT2D eigenvalue weighted by molar-refractivity contribution is 7.22. The second-order valence-corrected chi connectivity index (χ2v) is 8.44. The lowest BCUT2D eigenvalue weighted by molar-refractivity contribution is -0.906.